The topological polar surface area (TPSA) is 77.8 Å². The minimum Gasteiger partial charge on any atom is -0.339 e. The van der Waals surface area contributed by atoms with Gasteiger partial charge in [0.2, 0.25) is 23.4 Å². The average Bonchev–Trinajstić information content (AvgIpc) is 3.34. The van der Waals surface area contributed by atoms with Crippen molar-refractivity contribution in [2.75, 3.05) is 0 Å². The molecule has 120 valence electrons. The molecule has 0 aliphatic carbocycles. The van der Waals surface area contributed by atoms with Crippen molar-refractivity contribution < 1.29 is 9.05 Å². The minimum atomic E-state index is 0.524. The van der Waals surface area contributed by atoms with Crippen LogP contribution in [0.2, 0.25) is 5.02 Å². The molecule has 0 fully saturated rings. The number of aromatic nitrogens is 4. The Bertz CT molecular complexity index is 931. The molecule has 3 aromatic heterocycles. The van der Waals surface area contributed by atoms with Crippen molar-refractivity contribution in [3.05, 3.63) is 58.6 Å². The first-order valence-corrected chi connectivity index (χ1v) is 8.49. The minimum absolute atomic E-state index is 0.524. The van der Waals surface area contributed by atoms with Crippen molar-refractivity contribution in [2.24, 2.45) is 0 Å². The summed E-state index contributed by atoms with van der Waals surface area (Å²) < 4.78 is 10.5. The van der Waals surface area contributed by atoms with Gasteiger partial charge in [-0.15, -0.1) is 11.3 Å². The second-order valence-electron chi connectivity index (χ2n) is 5.01. The highest BCUT2D eigenvalue weighted by molar-refractivity contribution is 7.13. The molecule has 4 aromatic rings. The highest BCUT2D eigenvalue weighted by atomic mass is 35.5. The molecule has 8 heteroatoms. The summed E-state index contributed by atoms with van der Waals surface area (Å²) in [7, 11) is 0. The monoisotopic (exact) mass is 358 g/mol. The number of halogens is 1. The van der Waals surface area contributed by atoms with Crippen LogP contribution >= 0.6 is 22.9 Å². The van der Waals surface area contributed by atoms with Crippen LogP contribution in [0.25, 0.3) is 22.1 Å². The van der Waals surface area contributed by atoms with Crippen molar-refractivity contribution >= 4 is 22.9 Å². The van der Waals surface area contributed by atoms with E-state index in [9.17, 15) is 0 Å². The van der Waals surface area contributed by atoms with E-state index in [1.165, 1.54) is 0 Å². The highest BCUT2D eigenvalue weighted by Gasteiger charge is 2.13. The number of hydrogen-bond donors (Lipinski definition) is 0. The van der Waals surface area contributed by atoms with Gasteiger partial charge in [-0.1, -0.05) is 28.0 Å². The number of nitrogens with zero attached hydrogens (tertiary/aromatic N) is 4. The summed E-state index contributed by atoms with van der Waals surface area (Å²) in [6.45, 7) is 0. The third-order valence-corrected chi connectivity index (χ3v) is 4.45. The molecule has 0 spiro atoms. The van der Waals surface area contributed by atoms with Gasteiger partial charge >= 0.3 is 0 Å². The fraction of sp³-hybridized carbons (Fsp3) is 0.125. The Labute approximate surface area is 146 Å². The summed E-state index contributed by atoms with van der Waals surface area (Å²) >= 11 is 7.44. The molecule has 24 heavy (non-hydrogen) atoms. The predicted octanol–water partition coefficient (Wildman–Crippen LogP) is 4.29. The van der Waals surface area contributed by atoms with Crippen LogP contribution < -0.4 is 0 Å². The molecule has 4 rings (SSSR count). The molecule has 0 aliphatic heterocycles. The number of hydrogen-bond acceptors (Lipinski definition) is 7. The van der Waals surface area contributed by atoms with Crippen molar-refractivity contribution in [3.8, 4) is 22.1 Å². The van der Waals surface area contributed by atoms with Gasteiger partial charge in [0.25, 0.3) is 0 Å². The lowest BCUT2D eigenvalue weighted by atomic mass is 10.2. The normalized spacial score (nSPS) is 11.0. The van der Waals surface area contributed by atoms with E-state index in [2.05, 4.69) is 20.3 Å². The first-order valence-electron chi connectivity index (χ1n) is 7.23. The van der Waals surface area contributed by atoms with Gasteiger partial charge in [0, 0.05) is 23.4 Å². The van der Waals surface area contributed by atoms with Crippen molar-refractivity contribution in [3.63, 3.8) is 0 Å². The van der Waals surface area contributed by atoms with Crippen LogP contribution in [-0.4, -0.2) is 20.3 Å². The summed E-state index contributed by atoms with van der Waals surface area (Å²) in [6, 6.07) is 11.2. The molecule has 1 aromatic carbocycles. The van der Waals surface area contributed by atoms with Gasteiger partial charge in [-0.2, -0.15) is 9.97 Å². The smallest absolute Gasteiger partial charge is 0.227 e. The maximum Gasteiger partial charge on any atom is 0.227 e. The summed E-state index contributed by atoms with van der Waals surface area (Å²) in [5.41, 5.74) is 0.854. The van der Waals surface area contributed by atoms with E-state index in [1.807, 2.05) is 29.6 Å². The SMILES string of the molecule is Clc1ccc(-c2noc(CCc3nc(-c4cccs4)no3)n2)cc1. The molecule has 0 saturated carbocycles. The Kier molecular flexibility index (Phi) is 4.10. The van der Waals surface area contributed by atoms with Gasteiger partial charge in [-0.3, -0.25) is 0 Å². The van der Waals surface area contributed by atoms with Gasteiger partial charge in [0.1, 0.15) is 0 Å². The van der Waals surface area contributed by atoms with Gasteiger partial charge < -0.3 is 9.05 Å². The fourth-order valence-corrected chi connectivity index (χ4v) is 2.92. The van der Waals surface area contributed by atoms with Gasteiger partial charge in [0.15, 0.2) is 0 Å². The Morgan fingerprint density at radius 1 is 0.875 bits per heavy atom. The van der Waals surface area contributed by atoms with E-state index < -0.39 is 0 Å². The van der Waals surface area contributed by atoms with Gasteiger partial charge in [-0.25, -0.2) is 0 Å². The lowest BCUT2D eigenvalue weighted by Gasteiger charge is -1.93. The molecule has 3 heterocycles. The van der Waals surface area contributed by atoms with Crippen LogP contribution in [0.3, 0.4) is 0 Å². The summed E-state index contributed by atoms with van der Waals surface area (Å²) in [4.78, 5) is 9.72. The van der Waals surface area contributed by atoms with Crippen molar-refractivity contribution in [1.82, 2.24) is 20.3 Å². The van der Waals surface area contributed by atoms with E-state index in [0.29, 0.717) is 41.3 Å². The molecule has 0 unspecified atom stereocenters. The zero-order chi connectivity index (χ0) is 16.4. The zero-order valence-corrected chi connectivity index (χ0v) is 13.9. The van der Waals surface area contributed by atoms with Crippen LogP contribution in [0.5, 0.6) is 0 Å². The molecule has 6 nitrogen and oxygen atoms in total. The Balaban J connectivity index is 1.42. The number of aryl methyl sites for hydroxylation is 2. The molecule has 0 bridgehead atoms. The molecule has 0 aliphatic rings. The molecular weight excluding hydrogens is 348 g/mol. The first-order chi connectivity index (χ1) is 11.8. The van der Waals surface area contributed by atoms with E-state index in [4.69, 9.17) is 20.6 Å². The number of benzene rings is 1. The van der Waals surface area contributed by atoms with E-state index in [0.717, 1.165) is 10.4 Å². The standard InChI is InChI=1S/C16H11ClN4O2S/c17-11-5-3-10(4-6-11)15-18-13(22-20-15)7-8-14-19-16(21-23-14)12-2-1-9-24-12/h1-6,9H,7-8H2. The second-order valence-corrected chi connectivity index (χ2v) is 6.39. The predicted molar refractivity (Wildman–Crippen MR) is 89.8 cm³/mol. The molecule has 0 amide bonds. The van der Waals surface area contributed by atoms with Crippen LogP contribution in [-0.2, 0) is 12.8 Å². The lowest BCUT2D eigenvalue weighted by Crippen LogP contribution is -1.92. The van der Waals surface area contributed by atoms with Crippen molar-refractivity contribution in [1.29, 1.82) is 0 Å². The maximum atomic E-state index is 5.87. The van der Waals surface area contributed by atoms with Crippen LogP contribution in [0.1, 0.15) is 11.8 Å². The maximum absolute atomic E-state index is 5.87. The third kappa shape index (κ3) is 3.22. The average molecular weight is 359 g/mol. The molecular formula is C16H11ClN4O2S. The fourth-order valence-electron chi connectivity index (χ4n) is 2.15. The van der Waals surface area contributed by atoms with Gasteiger partial charge in [-0.05, 0) is 35.7 Å². The Morgan fingerprint density at radius 2 is 1.54 bits per heavy atom. The first kappa shape index (κ1) is 15.0. The third-order valence-electron chi connectivity index (χ3n) is 3.33. The lowest BCUT2D eigenvalue weighted by molar-refractivity contribution is 0.354. The van der Waals surface area contributed by atoms with Crippen LogP contribution in [0.4, 0.5) is 0 Å². The molecule has 0 atom stereocenters. The number of rotatable bonds is 5. The van der Waals surface area contributed by atoms with E-state index in [1.54, 1.807) is 23.5 Å². The zero-order valence-electron chi connectivity index (χ0n) is 12.3. The number of thiophene rings is 1. The second kappa shape index (κ2) is 6.54. The Hall–Kier alpha value is -2.51. The van der Waals surface area contributed by atoms with Crippen LogP contribution in [0, 0.1) is 0 Å². The molecule has 0 N–H and O–H groups in total. The quantitative estimate of drug-likeness (QED) is 0.529. The summed E-state index contributed by atoms with van der Waals surface area (Å²) in [5.74, 6) is 2.21. The van der Waals surface area contributed by atoms with Gasteiger partial charge in [0.05, 0.1) is 4.88 Å². The van der Waals surface area contributed by atoms with E-state index >= 15 is 0 Å². The largest absolute Gasteiger partial charge is 0.339 e. The Morgan fingerprint density at radius 3 is 2.21 bits per heavy atom. The molecule has 0 saturated heterocycles. The molecule has 0 radical (unpaired) electrons. The van der Waals surface area contributed by atoms with Crippen LogP contribution in [0.15, 0.2) is 50.8 Å². The van der Waals surface area contributed by atoms with E-state index in [-0.39, 0.29) is 0 Å². The summed E-state index contributed by atoms with van der Waals surface area (Å²) in [5, 5.41) is 10.6. The highest BCUT2D eigenvalue weighted by Crippen LogP contribution is 2.22. The van der Waals surface area contributed by atoms with Crippen molar-refractivity contribution in [2.45, 2.75) is 12.8 Å². The summed E-state index contributed by atoms with van der Waals surface area (Å²) in [6.07, 6.45) is 1.08.